The van der Waals surface area contributed by atoms with E-state index in [1.54, 1.807) is 11.8 Å². The Morgan fingerprint density at radius 2 is 1.12 bits per heavy atom. The fourth-order valence-corrected chi connectivity index (χ4v) is 5.18. The lowest BCUT2D eigenvalue weighted by atomic mass is 9.84. The van der Waals surface area contributed by atoms with Crippen LogP contribution >= 0.6 is 11.8 Å². The van der Waals surface area contributed by atoms with Gasteiger partial charge in [0.15, 0.2) is 0 Å². The molecule has 0 aliphatic rings. The van der Waals surface area contributed by atoms with Crippen molar-refractivity contribution in [2.45, 2.75) is 11.2 Å². The molecule has 4 aromatic rings. The monoisotopic (exact) mass is 445 g/mol. The minimum Gasteiger partial charge on any atom is -0.492 e. The Hall–Kier alpha value is -3.64. The Labute approximate surface area is 190 Å². The van der Waals surface area contributed by atoms with E-state index in [0.717, 1.165) is 16.7 Å². The molecule has 0 saturated carbocycles. The van der Waals surface area contributed by atoms with Crippen LogP contribution in [0.15, 0.2) is 103 Å². The van der Waals surface area contributed by atoms with Crippen LogP contribution in [-0.4, -0.2) is 26.7 Å². The molecule has 0 unspecified atom stereocenters. The van der Waals surface area contributed by atoms with Crippen molar-refractivity contribution in [3.05, 3.63) is 120 Å². The highest BCUT2D eigenvalue weighted by atomic mass is 32.2. The Bertz CT molecular complexity index is 1040. The third-order valence-corrected chi connectivity index (χ3v) is 6.70. The summed E-state index contributed by atoms with van der Waals surface area (Å²) in [5.41, 5.74) is 3.32. The van der Waals surface area contributed by atoms with Crippen LogP contribution in [0.5, 0.6) is 11.8 Å². The molecule has 0 amide bonds. The van der Waals surface area contributed by atoms with Gasteiger partial charge in [0.25, 0.3) is 0 Å². The van der Waals surface area contributed by atoms with Crippen LogP contribution in [0.2, 0.25) is 0 Å². The normalized spacial score (nSPS) is 11.2. The average Bonchev–Trinajstić information content (AvgIpc) is 3.16. The van der Waals surface area contributed by atoms with Gasteiger partial charge in [-0.2, -0.15) is 0 Å². The second-order valence-electron chi connectivity index (χ2n) is 7.19. The standard InChI is InChI=1S/C26H23NO4S/c28-23-16-17-24(29)27(23)31-25(30)18-19-32-26(20-10-4-1-5-11-20,21-12-6-2-7-13-21)22-14-8-3-9-15-22/h1-17,28-29H,18-19H2. The van der Waals surface area contributed by atoms with Crippen molar-refractivity contribution in [2.75, 3.05) is 5.75 Å². The van der Waals surface area contributed by atoms with Crippen molar-refractivity contribution in [3.8, 4) is 11.8 Å². The zero-order valence-corrected chi connectivity index (χ0v) is 18.1. The van der Waals surface area contributed by atoms with Gasteiger partial charge in [0, 0.05) is 17.9 Å². The maximum absolute atomic E-state index is 12.4. The van der Waals surface area contributed by atoms with Crippen LogP contribution in [0.25, 0.3) is 0 Å². The molecule has 6 heteroatoms. The Morgan fingerprint density at radius 1 is 0.719 bits per heavy atom. The Morgan fingerprint density at radius 3 is 1.53 bits per heavy atom. The maximum atomic E-state index is 12.4. The highest BCUT2D eigenvalue weighted by molar-refractivity contribution is 8.00. The smallest absolute Gasteiger partial charge is 0.334 e. The quantitative estimate of drug-likeness (QED) is 0.375. The van der Waals surface area contributed by atoms with Crippen molar-refractivity contribution < 1.29 is 19.8 Å². The molecule has 0 aliphatic carbocycles. The first-order valence-electron chi connectivity index (χ1n) is 10.2. The fraction of sp³-hybridized carbons (Fsp3) is 0.115. The van der Waals surface area contributed by atoms with E-state index in [2.05, 4.69) is 36.4 Å². The Kier molecular flexibility index (Phi) is 6.52. The molecule has 0 aliphatic heterocycles. The number of benzene rings is 3. The minimum atomic E-state index is -0.553. The molecule has 2 N–H and O–H groups in total. The summed E-state index contributed by atoms with van der Waals surface area (Å²) in [5.74, 6) is -0.769. The fourth-order valence-electron chi connectivity index (χ4n) is 3.70. The number of carbonyl (C=O) groups is 1. The van der Waals surface area contributed by atoms with Crippen LogP contribution in [0.3, 0.4) is 0 Å². The van der Waals surface area contributed by atoms with Crippen LogP contribution in [0, 0.1) is 0 Å². The van der Waals surface area contributed by atoms with E-state index in [4.69, 9.17) is 4.84 Å². The number of carbonyl (C=O) groups excluding carboxylic acids is 1. The van der Waals surface area contributed by atoms with Crippen molar-refractivity contribution in [1.29, 1.82) is 0 Å². The zero-order valence-electron chi connectivity index (χ0n) is 17.3. The number of aromatic hydroxyl groups is 2. The summed E-state index contributed by atoms with van der Waals surface area (Å²) in [5, 5.41) is 19.4. The third kappa shape index (κ3) is 4.36. The summed E-state index contributed by atoms with van der Waals surface area (Å²) in [6, 6.07) is 33.2. The van der Waals surface area contributed by atoms with Crippen molar-refractivity contribution >= 4 is 17.7 Å². The SMILES string of the molecule is O=C(CCSC(c1ccccc1)(c1ccccc1)c1ccccc1)On1c(O)ccc1O. The molecule has 1 aromatic heterocycles. The molecule has 5 nitrogen and oxygen atoms in total. The molecule has 0 saturated heterocycles. The van der Waals surface area contributed by atoms with Gasteiger partial charge in [-0.25, -0.2) is 4.79 Å². The zero-order chi connectivity index (χ0) is 22.4. The van der Waals surface area contributed by atoms with Crippen molar-refractivity contribution in [2.24, 2.45) is 0 Å². The molecule has 0 fully saturated rings. The van der Waals surface area contributed by atoms with E-state index >= 15 is 0 Å². The summed E-state index contributed by atoms with van der Waals surface area (Å²) in [6.07, 6.45) is 0.0932. The van der Waals surface area contributed by atoms with E-state index in [-0.39, 0.29) is 18.2 Å². The summed E-state index contributed by atoms with van der Waals surface area (Å²) in [4.78, 5) is 17.5. The van der Waals surface area contributed by atoms with Gasteiger partial charge < -0.3 is 15.1 Å². The van der Waals surface area contributed by atoms with E-state index in [0.29, 0.717) is 10.5 Å². The second-order valence-corrected chi connectivity index (χ2v) is 8.49. The van der Waals surface area contributed by atoms with Crippen LogP contribution in [0.1, 0.15) is 23.1 Å². The van der Waals surface area contributed by atoms with Gasteiger partial charge in [0.1, 0.15) is 0 Å². The van der Waals surface area contributed by atoms with Crippen LogP contribution in [0.4, 0.5) is 0 Å². The molecular weight excluding hydrogens is 422 g/mol. The summed E-state index contributed by atoms with van der Waals surface area (Å²) < 4.78 is 0.188. The summed E-state index contributed by atoms with van der Waals surface area (Å²) in [6.45, 7) is 0. The first-order chi connectivity index (χ1) is 15.6. The first kappa shape index (κ1) is 21.6. The van der Waals surface area contributed by atoms with Crippen molar-refractivity contribution in [3.63, 3.8) is 0 Å². The number of hydrogen-bond donors (Lipinski definition) is 2. The third-order valence-electron chi connectivity index (χ3n) is 5.16. The molecular formula is C26H23NO4S. The van der Waals surface area contributed by atoms with Gasteiger partial charge in [-0.15, -0.1) is 16.5 Å². The first-order valence-corrected chi connectivity index (χ1v) is 11.2. The highest BCUT2D eigenvalue weighted by Crippen LogP contribution is 2.48. The van der Waals surface area contributed by atoms with E-state index in [9.17, 15) is 15.0 Å². The van der Waals surface area contributed by atoms with Crippen LogP contribution in [-0.2, 0) is 9.54 Å². The lowest BCUT2D eigenvalue weighted by Crippen LogP contribution is -2.27. The number of hydrogen-bond acceptors (Lipinski definition) is 5. The molecule has 1 heterocycles. The maximum Gasteiger partial charge on any atom is 0.334 e. The highest BCUT2D eigenvalue weighted by Gasteiger charge is 2.36. The van der Waals surface area contributed by atoms with Gasteiger partial charge in [0.2, 0.25) is 11.8 Å². The molecule has 3 aromatic carbocycles. The molecule has 0 atom stereocenters. The molecule has 0 spiro atoms. The molecule has 4 rings (SSSR count). The second kappa shape index (κ2) is 9.66. The summed E-state index contributed by atoms with van der Waals surface area (Å²) >= 11 is 1.64. The minimum absolute atomic E-state index is 0.0932. The molecule has 0 bridgehead atoms. The molecule has 0 radical (unpaired) electrons. The van der Waals surface area contributed by atoms with Gasteiger partial charge in [-0.05, 0) is 16.7 Å². The van der Waals surface area contributed by atoms with E-state index in [1.165, 1.54) is 12.1 Å². The number of nitrogens with zero attached hydrogens (tertiary/aromatic N) is 1. The largest absolute Gasteiger partial charge is 0.492 e. The topological polar surface area (TPSA) is 71.7 Å². The van der Waals surface area contributed by atoms with Gasteiger partial charge in [-0.3, -0.25) is 0 Å². The predicted molar refractivity (Wildman–Crippen MR) is 126 cm³/mol. The number of aromatic nitrogens is 1. The summed E-state index contributed by atoms with van der Waals surface area (Å²) in [7, 11) is 0. The number of thioether (sulfide) groups is 1. The lowest BCUT2D eigenvalue weighted by Gasteiger charge is -2.35. The van der Waals surface area contributed by atoms with Gasteiger partial charge >= 0.3 is 5.97 Å². The van der Waals surface area contributed by atoms with Crippen molar-refractivity contribution in [1.82, 2.24) is 4.73 Å². The number of rotatable bonds is 8. The van der Waals surface area contributed by atoms with Crippen LogP contribution < -0.4 is 4.84 Å². The lowest BCUT2D eigenvalue weighted by molar-refractivity contribution is -0.144. The van der Waals surface area contributed by atoms with E-state index in [1.807, 2.05) is 54.6 Å². The average molecular weight is 446 g/mol. The predicted octanol–water partition coefficient (Wildman–Crippen LogP) is 4.97. The van der Waals surface area contributed by atoms with Gasteiger partial charge in [0.05, 0.1) is 11.2 Å². The Balaban J connectivity index is 1.65. The molecule has 32 heavy (non-hydrogen) atoms. The molecule has 162 valence electrons. The van der Waals surface area contributed by atoms with E-state index < -0.39 is 10.7 Å². The van der Waals surface area contributed by atoms with Gasteiger partial charge in [-0.1, -0.05) is 91.0 Å².